The van der Waals surface area contributed by atoms with Crippen LogP contribution >= 0.6 is 23.2 Å². The number of esters is 2. The largest absolute Gasteiger partial charge is 0.444 e. The van der Waals surface area contributed by atoms with Crippen molar-refractivity contribution in [2.75, 3.05) is 142 Å². The number of alkyl halides is 2. The smallest absolute Gasteiger partial charge is 0.410 e. The number of rotatable bonds is 4. The summed E-state index contributed by atoms with van der Waals surface area (Å²) in [6, 6.07) is 0. The van der Waals surface area contributed by atoms with Crippen LogP contribution in [0.25, 0.3) is 0 Å². The molecule has 4 amide bonds. The van der Waals surface area contributed by atoms with Gasteiger partial charge in [-0.15, -0.1) is 23.2 Å². The number of sulfonamides is 1. The molecule has 5 heterocycles. The molecule has 8 fully saturated rings. The fourth-order valence-corrected chi connectivity index (χ4v) is 9.74. The quantitative estimate of drug-likeness (QED) is 0.0450. The Kier molecular flexibility index (Phi) is 49.2. The number of nitrogens with zero attached hydrogens (tertiary/aromatic N) is 8. The molecule has 5 saturated heterocycles. The van der Waals surface area contributed by atoms with Crippen molar-refractivity contribution in [2.24, 2.45) is 0 Å². The molecule has 8 rings (SSSR count). The monoisotopic (exact) mass is 1440 g/mol. The minimum Gasteiger partial charge on any atom is -0.444 e. The van der Waals surface area contributed by atoms with Crippen molar-refractivity contribution in [1.82, 2.24) is 49.2 Å². The molecule has 0 aromatic heterocycles. The number of amides is 4. The topological polar surface area (TPSA) is 284 Å². The molecule has 29 heteroatoms. The Hall–Kier alpha value is -2.70. The summed E-state index contributed by atoms with van der Waals surface area (Å²) in [6.45, 7) is 55.2. The third kappa shape index (κ3) is 50.6. The molecule has 0 radical (unpaired) electrons. The molecule has 3 aliphatic carbocycles. The van der Waals surface area contributed by atoms with Crippen LogP contribution in [-0.4, -0.2) is 293 Å². The van der Waals surface area contributed by atoms with Crippen LogP contribution in [0.15, 0.2) is 0 Å². The van der Waals surface area contributed by atoms with E-state index in [0.717, 1.165) is 65.4 Å². The summed E-state index contributed by atoms with van der Waals surface area (Å²) in [5, 5.41) is 30.9. The van der Waals surface area contributed by atoms with Gasteiger partial charge in [0.25, 0.3) is 0 Å². The van der Waals surface area contributed by atoms with Gasteiger partial charge in [-0.05, 0) is 163 Å². The SMILES string of the molecule is CC(=O)N1CCN(C(=O)OC(C)(C)C)CC1.CC(=O)OC(C)=O.CC(C)(C)OC(=O)N1CCN(C2(C)CC2)CC1.CC(C)(C)OC(=O)N1CCNCC1.CC(C)O.CC(C)O.CC(C)O.CC1(N2CCN(S(C)(=O)=O)CC2)CC1.CC1(N2CCNCC2)CC1.ClCCl.[CH3-].[Ti]. The Morgan fingerprint density at radius 3 is 0.872 bits per heavy atom. The van der Waals surface area contributed by atoms with Gasteiger partial charge in [0.05, 0.1) is 11.6 Å². The molecule has 0 atom stereocenters. The molecule has 5 aliphatic heterocycles. The summed E-state index contributed by atoms with van der Waals surface area (Å²) < 4.78 is 44.0. The first-order chi connectivity index (χ1) is 42.0. The molecular weight excluding hydrogens is 1310 g/mol. The van der Waals surface area contributed by atoms with Gasteiger partial charge in [0.1, 0.15) is 16.8 Å². The second kappa shape index (κ2) is 47.4. The van der Waals surface area contributed by atoms with Gasteiger partial charge in [0.15, 0.2) is 0 Å². The minimum absolute atomic E-state index is 0. The van der Waals surface area contributed by atoms with Crippen molar-refractivity contribution in [3.8, 4) is 0 Å². The number of hydrogen-bond donors (Lipinski definition) is 5. The Morgan fingerprint density at radius 2 is 0.660 bits per heavy atom. The summed E-state index contributed by atoms with van der Waals surface area (Å²) in [4.78, 5) is 80.3. The maximum absolute atomic E-state index is 11.9. The first kappa shape index (κ1) is 97.7. The van der Waals surface area contributed by atoms with E-state index >= 15 is 0 Å². The van der Waals surface area contributed by atoms with E-state index in [0.29, 0.717) is 55.9 Å². The summed E-state index contributed by atoms with van der Waals surface area (Å²) >= 11 is 9.53. The van der Waals surface area contributed by atoms with E-state index in [2.05, 4.69) is 50.8 Å². The maximum atomic E-state index is 11.9. The van der Waals surface area contributed by atoms with Crippen LogP contribution in [-0.2, 0) is 65.1 Å². The number of aliphatic hydroxyl groups excluding tert-OH is 3. The second-order valence-corrected chi connectivity index (χ2v) is 31.3. The van der Waals surface area contributed by atoms with Crippen LogP contribution in [0.4, 0.5) is 14.4 Å². The predicted molar refractivity (Wildman–Crippen MR) is 373 cm³/mol. The Bertz CT molecular complexity index is 2180. The van der Waals surface area contributed by atoms with Gasteiger partial charge in [-0.2, -0.15) is 4.31 Å². The van der Waals surface area contributed by atoms with Gasteiger partial charge in [0, 0.05) is 208 Å². The molecule has 0 bridgehead atoms. The number of nitrogens with one attached hydrogen (secondary N) is 2. The molecule has 0 aromatic carbocycles. The van der Waals surface area contributed by atoms with Crippen LogP contribution in [0.5, 0.6) is 0 Å². The standard InChI is InChI=1S/C13H24N2O2.C11H20N2O3.C9H18N2O2S.C9H18N2O2.C8H16N2.C4H6O3.3C3H8O.CH2Cl2.CH3.Ti/c1-12(2,3)17-11(16)14-7-9-15(10-8-14)13(4)5-6-13;1-9(14)12-5-7-13(8-6-12)10(15)16-11(2,3)4;1-9(3-4-9)10-5-7-11(8-6-10)14(2,12)13;1-9(2,3)13-8(12)11-6-4-10-5-7-11;1-8(2-3-8)10-6-4-9-5-7-10;1-3(5)7-4(2)6;3*1-3(2)4;2-1-3;;/h5-10H2,1-4H3;5-8H2,1-4H3;3-8H2,1-2H3;10H,4-7H2,1-3H3;9H,2-7H2,1H3;1-2H3;3*3-4H,1-2H3;1H2;1H3;/q;;;;;;;;;;-1;. The molecule has 0 unspecified atom stereocenters. The van der Waals surface area contributed by atoms with Gasteiger partial charge < -0.3 is 71.9 Å². The maximum Gasteiger partial charge on any atom is 0.410 e. The van der Waals surface area contributed by atoms with Crippen LogP contribution in [0, 0.1) is 7.43 Å². The van der Waals surface area contributed by atoms with Crippen molar-refractivity contribution < 1.29 is 93.2 Å². The Morgan fingerprint density at radius 1 is 0.447 bits per heavy atom. The zero-order chi connectivity index (χ0) is 71.6. The first-order valence-electron chi connectivity index (χ1n) is 32.7. The van der Waals surface area contributed by atoms with Crippen molar-refractivity contribution in [3.05, 3.63) is 7.43 Å². The third-order valence-electron chi connectivity index (χ3n) is 14.4. The minimum atomic E-state index is -2.97. The fourth-order valence-electron chi connectivity index (χ4n) is 8.92. The fraction of sp³-hybridized carbons (Fsp3) is 0.892. The molecule has 556 valence electrons. The van der Waals surface area contributed by atoms with Crippen LogP contribution in [0.1, 0.15) is 184 Å². The number of piperazine rings is 5. The average molecular weight is 1440 g/mol. The summed E-state index contributed by atoms with van der Waals surface area (Å²) in [5.41, 5.74) is 0.194. The Labute approximate surface area is 593 Å². The average Bonchev–Trinajstić information content (AvgIpc) is 1.57. The predicted octanol–water partition coefficient (Wildman–Crippen LogP) is 7.69. The van der Waals surface area contributed by atoms with Gasteiger partial charge in [-0.3, -0.25) is 29.1 Å². The number of carbonyl (C=O) groups is 6. The number of hydrogen-bond acceptors (Lipinski definition) is 20. The molecular formula is C65H131Cl2N10O15STi-. The molecule has 8 aliphatic rings. The first-order valence-corrected chi connectivity index (χ1v) is 35.6. The van der Waals surface area contributed by atoms with Crippen LogP contribution < -0.4 is 10.6 Å². The third-order valence-corrected chi connectivity index (χ3v) is 15.7. The van der Waals surface area contributed by atoms with E-state index in [4.69, 9.17) is 52.7 Å². The Balaban J connectivity index is -0.000000499. The van der Waals surface area contributed by atoms with Crippen molar-refractivity contribution in [2.45, 2.75) is 236 Å². The number of ether oxygens (including phenoxy) is 4. The van der Waals surface area contributed by atoms with Gasteiger partial charge in [-0.25, -0.2) is 22.8 Å². The zero-order valence-electron chi connectivity index (χ0n) is 62.3. The second-order valence-electron chi connectivity index (χ2n) is 28.5. The van der Waals surface area contributed by atoms with Crippen molar-refractivity contribution in [3.63, 3.8) is 0 Å². The summed E-state index contributed by atoms with van der Waals surface area (Å²) in [5.74, 6) is -1.07. The van der Waals surface area contributed by atoms with E-state index in [1.165, 1.54) is 84.8 Å². The number of halogens is 2. The normalized spacial score (nSPS) is 19.6. The summed E-state index contributed by atoms with van der Waals surface area (Å²) in [7, 11) is -2.97. The van der Waals surface area contributed by atoms with Crippen molar-refractivity contribution in [1.29, 1.82) is 0 Å². The molecule has 25 nitrogen and oxygen atoms in total. The van der Waals surface area contributed by atoms with Gasteiger partial charge in [0.2, 0.25) is 15.9 Å². The van der Waals surface area contributed by atoms with Crippen LogP contribution in [0.3, 0.4) is 0 Å². The van der Waals surface area contributed by atoms with Crippen LogP contribution in [0.2, 0.25) is 0 Å². The van der Waals surface area contributed by atoms with Crippen molar-refractivity contribution >= 4 is 69.4 Å². The van der Waals surface area contributed by atoms with Gasteiger partial charge in [-0.1, -0.05) is 0 Å². The number of carbonyl (C=O) groups excluding carboxylic acids is 6. The zero-order valence-corrected chi connectivity index (χ0v) is 66.2. The van der Waals surface area contributed by atoms with E-state index < -0.39 is 33.2 Å². The van der Waals surface area contributed by atoms with E-state index in [1.807, 2.05) is 67.2 Å². The molecule has 5 N–H and O–H groups in total. The van der Waals surface area contributed by atoms with E-state index in [1.54, 1.807) is 67.5 Å². The van der Waals surface area contributed by atoms with E-state index in [9.17, 15) is 37.2 Å². The molecule has 94 heavy (non-hydrogen) atoms. The number of aliphatic hydroxyl groups is 3. The molecule has 0 spiro atoms. The van der Waals surface area contributed by atoms with E-state index in [-0.39, 0.29) is 82.6 Å². The molecule has 3 saturated carbocycles. The summed E-state index contributed by atoms with van der Waals surface area (Å²) in [6.07, 6.45) is 8.13. The van der Waals surface area contributed by atoms with Gasteiger partial charge >= 0.3 is 30.2 Å². The molecule has 0 aromatic rings.